The van der Waals surface area contributed by atoms with Gasteiger partial charge < -0.3 is 0 Å². The molecule has 0 fully saturated rings. The Bertz CT molecular complexity index is 377. The standard InChI is InChI=1S/C12H16Si.2ClH.Zr/c1-9-8-10-6-4-5-7-11(10)12(9)13(2)3;;;/h4-8,12-13H,1-3H3;2*1H;/q;;;+2/p-2. The molecule has 1 unspecified atom stereocenters. The molecule has 1 atom stereocenters. The number of allylic oxidation sites excluding steroid dienone is 1. The van der Waals surface area contributed by atoms with Gasteiger partial charge in [0, 0.05) is 8.80 Å². The summed E-state index contributed by atoms with van der Waals surface area (Å²) >= 11 is -0.826. The second-order valence-electron chi connectivity index (χ2n) is 4.31. The van der Waals surface area contributed by atoms with Gasteiger partial charge in [0.1, 0.15) is 0 Å². The molecule has 2 rings (SSSR count). The van der Waals surface area contributed by atoms with Crippen LogP contribution in [0.15, 0.2) is 29.8 Å². The Balaban J connectivity index is 0.000000386. The third kappa shape index (κ3) is 3.57. The second kappa shape index (κ2) is 7.16. The van der Waals surface area contributed by atoms with Crippen molar-refractivity contribution in [2.45, 2.75) is 25.6 Å². The zero-order valence-corrected chi connectivity index (χ0v) is 14.9. The molecule has 0 amide bonds. The average Bonchev–Trinajstić information content (AvgIpc) is 2.54. The average molecular weight is 350 g/mol. The van der Waals surface area contributed by atoms with E-state index in [-0.39, 0.29) is 0 Å². The Morgan fingerprint density at radius 3 is 2.31 bits per heavy atom. The minimum atomic E-state index is -0.826. The third-order valence-corrected chi connectivity index (χ3v) is 5.09. The molecule has 0 saturated carbocycles. The second-order valence-corrected chi connectivity index (χ2v) is 11.2. The first-order valence-electron chi connectivity index (χ1n) is 5.35. The molecule has 0 aromatic heterocycles. The van der Waals surface area contributed by atoms with Gasteiger partial charge in [-0.25, -0.2) is 0 Å². The van der Waals surface area contributed by atoms with Gasteiger partial charge in [-0.3, -0.25) is 0 Å². The van der Waals surface area contributed by atoms with Crippen molar-refractivity contribution < 1.29 is 20.8 Å². The summed E-state index contributed by atoms with van der Waals surface area (Å²) in [4.78, 5) is 0. The normalized spacial score (nSPS) is 17.4. The Kier molecular flexibility index (Phi) is 6.58. The van der Waals surface area contributed by atoms with Crippen LogP contribution in [-0.2, 0) is 20.8 Å². The molecule has 4 heteroatoms. The van der Waals surface area contributed by atoms with E-state index in [1.165, 1.54) is 5.56 Å². The maximum absolute atomic E-state index is 4.93. The van der Waals surface area contributed by atoms with Crippen molar-refractivity contribution in [2.75, 3.05) is 0 Å². The first-order valence-corrected chi connectivity index (χ1v) is 14.7. The Labute approximate surface area is 118 Å². The Morgan fingerprint density at radius 1 is 1.19 bits per heavy atom. The molecule has 0 N–H and O–H groups in total. The van der Waals surface area contributed by atoms with E-state index in [1.54, 1.807) is 11.1 Å². The Hall–Kier alpha value is 0.640. The molecule has 1 aromatic carbocycles. The summed E-state index contributed by atoms with van der Waals surface area (Å²) in [6, 6.07) is 8.82. The van der Waals surface area contributed by atoms with Crippen LogP contribution in [0.3, 0.4) is 0 Å². The van der Waals surface area contributed by atoms with Gasteiger partial charge >= 0.3 is 37.9 Å². The van der Waals surface area contributed by atoms with E-state index in [2.05, 4.69) is 50.4 Å². The summed E-state index contributed by atoms with van der Waals surface area (Å²) in [7, 11) is 9.28. The maximum atomic E-state index is 4.93. The van der Waals surface area contributed by atoms with E-state index in [0.29, 0.717) is 0 Å². The molecule has 1 aromatic rings. The minimum absolute atomic E-state index is 0.586. The number of hydrogen-bond acceptors (Lipinski definition) is 0. The molecular formula is C12H16Cl2SiZr. The van der Waals surface area contributed by atoms with Gasteiger partial charge in [-0.05, 0) is 23.6 Å². The van der Waals surface area contributed by atoms with Gasteiger partial charge in [0.05, 0.1) is 0 Å². The molecule has 0 heterocycles. The number of fused-ring (bicyclic) bond motifs is 1. The number of hydrogen-bond donors (Lipinski definition) is 0. The summed E-state index contributed by atoms with van der Waals surface area (Å²) < 4.78 is 0. The van der Waals surface area contributed by atoms with Crippen molar-refractivity contribution in [1.29, 1.82) is 0 Å². The topological polar surface area (TPSA) is 0 Å². The van der Waals surface area contributed by atoms with E-state index in [9.17, 15) is 0 Å². The van der Waals surface area contributed by atoms with Crippen LogP contribution in [0, 0.1) is 0 Å². The van der Waals surface area contributed by atoms with Gasteiger partial charge in [0.25, 0.3) is 0 Å². The predicted molar refractivity (Wildman–Crippen MR) is 73.4 cm³/mol. The van der Waals surface area contributed by atoms with Crippen LogP contribution in [0.25, 0.3) is 6.08 Å². The van der Waals surface area contributed by atoms with Gasteiger partial charge in [-0.2, -0.15) is 0 Å². The van der Waals surface area contributed by atoms with Crippen molar-refractivity contribution in [2.24, 2.45) is 0 Å². The van der Waals surface area contributed by atoms with Crippen LogP contribution in [0.4, 0.5) is 0 Å². The monoisotopic (exact) mass is 348 g/mol. The Morgan fingerprint density at radius 2 is 1.75 bits per heavy atom. The first-order chi connectivity index (χ1) is 7.61. The summed E-state index contributed by atoms with van der Waals surface area (Å²) in [5.74, 6) is 0. The van der Waals surface area contributed by atoms with Crippen molar-refractivity contribution >= 4 is 31.9 Å². The molecule has 0 spiro atoms. The molecular weight excluding hydrogens is 334 g/mol. The summed E-state index contributed by atoms with van der Waals surface area (Å²) in [6.45, 7) is 7.14. The SMILES string of the molecule is CC1=Cc2ccccc2C1[SiH](C)C.[Cl][Zr][Cl]. The van der Waals surface area contributed by atoms with Crippen molar-refractivity contribution in [1.82, 2.24) is 0 Å². The van der Waals surface area contributed by atoms with Crippen molar-refractivity contribution in [3.63, 3.8) is 0 Å². The van der Waals surface area contributed by atoms with Crippen molar-refractivity contribution in [3.05, 3.63) is 41.0 Å². The molecule has 0 aliphatic heterocycles. The van der Waals surface area contributed by atoms with E-state index in [1.807, 2.05) is 0 Å². The van der Waals surface area contributed by atoms with Gasteiger partial charge in [-0.15, -0.1) is 0 Å². The molecule has 0 saturated heterocycles. The van der Waals surface area contributed by atoms with E-state index < -0.39 is 29.6 Å². The molecule has 1 aliphatic carbocycles. The fraction of sp³-hybridized carbons (Fsp3) is 0.333. The molecule has 0 radical (unpaired) electrons. The van der Waals surface area contributed by atoms with Crippen LogP contribution >= 0.6 is 17.0 Å². The first kappa shape index (κ1) is 14.7. The van der Waals surface area contributed by atoms with E-state index in [4.69, 9.17) is 17.0 Å². The fourth-order valence-corrected chi connectivity index (χ4v) is 4.56. The number of benzene rings is 1. The van der Waals surface area contributed by atoms with Crippen LogP contribution in [0.1, 0.15) is 23.6 Å². The van der Waals surface area contributed by atoms with Gasteiger partial charge in [0.2, 0.25) is 0 Å². The van der Waals surface area contributed by atoms with Crippen molar-refractivity contribution in [3.8, 4) is 0 Å². The number of rotatable bonds is 1. The third-order valence-electron chi connectivity index (χ3n) is 2.87. The number of halogens is 2. The molecule has 0 nitrogen and oxygen atoms in total. The van der Waals surface area contributed by atoms with E-state index in [0.717, 1.165) is 5.54 Å². The quantitative estimate of drug-likeness (QED) is 0.650. The van der Waals surface area contributed by atoms with Gasteiger partial charge in [-0.1, -0.05) is 49.0 Å². The fourth-order valence-electron chi connectivity index (χ4n) is 2.39. The molecule has 86 valence electrons. The zero-order valence-electron chi connectivity index (χ0n) is 9.80. The van der Waals surface area contributed by atoms with Gasteiger partial charge in [0.15, 0.2) is 0 Å². The molecule has 16 heavy (non-hydrogen) atoms. The molecule has 1 aliphatic rings. The van der Waals surface area contributed by atoms with E-state index >= 15 is 0 Å². The summed E-state index contributed by atoms with van der Waals surface area (Å²) in [5.41, 5.74) is 5.38. The van der Waals surface area contributed by atoms with Crippen LogP contribution in [-0.4, -0.2) is 8.80 Å². The van der Waals surface area contributed by atoms with Crippen LogP contribution in [0.2, 0.25) is 13.1 Å². The summed E-state index contributed by atoms with van der Waals surface area (Å²) in [5, 5.41) is 0. The van der Waals surface area contributed by atoms with Crippen LogP contribution in [0.5, 0.6) is 0 Å². The molecule has 0 bridgehead atoms. The van der Waals surface area contributed by atoms with Crippen LogP contribution < -0.4 is 0 Å². The zero-order chi connectivity index (χ0) is 12.1. The predicted octanol–water partition coefficient (Wildman–Crippen LogP) is 4.59. The summed E-state index contributed by atoms with van der Waals surface area (Å²) in [6.07, 6.45) is 2.35.